The number of aromatic nitrogens is 1. The number of nitrogens with one attached hydrogen (secondary N) is 1. The van der Waals surface area contributed by atoms with E-state index in [1.54, 1.807) is 4.90 Å². The molecule has 1 atom stereocenters. The molecule has 1 fully saturated rings. The molecule has 0 radical (unpaired) electrons. The van der Waals surface area contributed by atoms with E-state index in [0.717, 1.165) is 16.6 Å². The van der Waals surface area contributed by atoms with Gasteiger partial charge in [0, 0.05) is 35.8 Å². The van der Waals surface area contributed by atoms with Gasteiger partial charge in [-0.15, -0.1) is 0 Å². The van der Waals surface area contributed by atoms with Gasteiger partial charge in [-0.2, -0.15) is 0 Å². The SMILES string of the molecule is O=C(O)CC1CC(=O)N(c2ccc3[nH]ccc3c2)C1. The Bertz CT molecular complexity index is 647. The van der Waals surface area contributed by atoms with Crippen molar-refractivity contribution in [3.05, 3.63) is 30.5 Å². The molecule has 1 aliphatic rings. The van der Waals surface area contributed by atoms with Crippen molar-refractivity contribution in [3.63, 3.8) is 0 Å². The number of carboxylic acid groups (broad SMARTS) is 1. The van der Waals surface area contributed by atoms with Crippen LogP contribution in [0.2, 0.25) is 0 Å². The maximum Gasteiger partial charge on any atom is 0.303 e. The number of aliphatic carboxylic acids is 1. The zero-order valence-corrected chi connectivity index (χ0v) is 10.3. The maximum atomic E-state index is 12.0. The van der Waals surface area contributed by atoms with Crippen LogP contribution in [0.15, 0.2) is 30.5 Å². The third-order valence-electron chi connectivity index (χ3n) is 3.52. The quantitative estimate of drug-likeness (QED) is 0.884. The summed E-state index contributed by atoms with van der Waals surface area (Å²) in [6, 6.07) is 7.73. The van der Waals surface area contributed by atoms with Crippen molar-refractivity contribution in [2.75, 3.05) is 11.4 Å². The zero-order valence-electron chi connectivity index (χ0n) is 10.3. The van der Waals surface area contributed by atoms with Gasteiger partial charge in [-0.3, -0.25) is 9.59 Å². The molecular formula is C14H14N2O3. The number of H-pyrrole nitrogens is 1. The number of hydrogen-bond donors (Lipinski definition) is 2. The molecule has 0 aliphatic carbocycles. The number of carbonyl (C=O) groups excluding carboxylic acids is 1. The summed E-state index contributed by atoms with van der Waals surface area (Å²) in [4.78, 5) is 27.5. The first-order chi connectivity index (χ1) is 9.13. The van der Waals surface area contributed by atoms with Crippen LogP contribution < -0.4 is 4.90 Å². The zero-order chi connectivity index (χ0) is 13.4. The molecule has 0 saturated carbocycles. The van der Waals surface area contributed by atoms with Gasteiger partial charge in [0.05, 0.1) is 6.42 Å². The van der Waals surface area contributed by atoms with Gasteiger partial charge in [0.1, 0.15) is 0 Å². The van der Waals surface area contributed by atoms with Gasteiger partial charge >= 0.3 is 5.97 Å². The number of nitrogens with zero attached hydrogens (tertiary/aromatic N) is 1. The smallest absolute Gasteiger partial charge is 0.303 e. The standard InChI is InChI=1S/C14H14N2O3/c17-13-5-9(6-14(18)19)8-16(13)11-1-2-12-10(7-11)3-4-15-12/h1-4,7,9,15H,5-6,8H2,(H,18,19). The van der Waals surface area contributed by atoms with Crippen LogP contribution in [0.5, 0.6) is 0 Å². The second kappa shape index (κ2) is 4.42. The monoisotopic (exact) mass is 258 g/mol. The number of anilines is 1. The van der Waals surface area contributed by atoms with E-state index < -0.39 is 5.97 Å². The fourth-order valence-electron chi connectivity index (χ4n) is 2.62. The summed E-state index contributed by atoms with van der Waals surface area (Å²) in [6.45, 7) is 0.487. The lowest BCUT2D eigenvalue weighted by Crippen LogP contribution is -2.24. The van der Waals surface area contributed by atoms with Crippen molar-refractivity contribution in [3.8, 4) is 0 Å². The highest BCUT2D eigenvalue weighted by Crippen LogP contribution is 2.29. The number of carbonyl (C=O) groups is 2. The molecule has 2 aromatic rings. The van der Waals surface area contributed by atoms with Gasteiger partial charge in [0.25, 0.3) is 0 Å². The van der Waals surface area contributed by atoms with E-state index in [4.69, 9.17) is 5.11 Å². The maximum absolute atomic E-state index is 12.0. The topological polar surface area (TPSA) is 73.4 Å². The van der Waals surface area contributed by atoms with Gasteiger partial charge in [-0.1, -0.05) is 0 Å². The first-order valence-corrected chi connectivity index (χ1v) is 6.23. The molecule has 1 aromatic heterocycles. The van der Waals surface area contributed by atoms with Gasteiger partial charge in [-0.05, 0) is 30.2 Å². The Morgan fingerprint density at radius 3 is 3.05 bits per heavy atom. The summed E-state index contributed by atoms with van der Waals surface area (Å²) in [7, 11) is 0. The molecule has 5 heteroatoms. The van der Waals surface area contributed by atoms with Crippen LogP contribution in [0, 0.1) is 5.92 Å². The van der Waals surface area contributed by atoms with E-state index in [1.807, 2.05) is 30.5 Å². The molecule has 19 heavy (non-hydrogen) atoms. The van der Waals surface area contributed by atoms with Crippen LogP contribution >= 0.6 is 0 Å². The van der Waals surface area contributed by atoms with E-state index in [0.29, 0.717) is 13.0 Å². The molecule has 1 amide bonds. The van der Waals surface area contributed by atoms with E-state index >= 15 is 0 Å². The Kier molecular flexibility index (Phi) is 2.74. The van der Waals surface area contributed by atoms with Crippen molar-refractivity contribution < 1.29 is 14.7 Å². The fraction of sp³-hybridized carbons (Fsp3) is 0.286. The first-order valence-electron chi connectivity index (χ1n) is 6.23. The third-order valence-corrected chi connectivity index (χ3v) is 3.52. The number of benzene rings is 1. The summed E-state index contributed by atoms with van der Waals surface area (Å²) in [5.74, 6) is -0.936. The van der Waals surface area contributed by atoms with E-state index in [9.17, 15) is 9.59 Å². The minimum absolute atomic E-state index is 0.00105. The molecule has 0 spiro atoms. The lowest BCUT2D eigenvalue weighted by atomic mass is 10.1. The van der Waals surface area contributed by atoms with Gasteiger partial charge < -0.3 is 15.0 Å². The Labute approximate surface area is 109 Å². The summed E-state index contributed by atoms with van der Waals surface area (Å²) in [5, 5.41) is 9.84. The summed E-state index contributed by atoms with van der Waals surface area (Å²) < 4.78 is 0. The van der Waals surface area contributed by atoms with Crippen molar-refractivity contribution in [1.82, 2.24) is 4.98 Å². The van der Waals surface area contributed by atoms with Crippen LogP contribution in [0.3, 0.4) is 0 Å². The number of aromatic amines is 1. The third kappa shape index (κ3) is 2.19. The minimum Gasteiger partial charge on any atom is -0.481 e. The number of hydrogen-bond acceptors (Lipinski definition) is 2. The fourth-order valence-corrected chi connectivity index (χ4v) is 2.62. The predicted octanol–water partition coefficient (Wildman–Crippen LogP) is 2.00. The molecular weight excluding hydrogens is 244 g/mol. The average Bonchev–Trinajstić information content (AvgIpc) is 2.93. The molecule has 2 N–H and O–H groups in total. The Balaban J connectivity index is 1.85. The predicted molar refractivity (Wildman–Crippen MR) is 71.0 cm³/mol. The average molecular weight is 258 g/mol. The largest absolute Gasteiger partial charge is 0.481 e. The lowest BCUT2D eigenvalue weighted by molar-refractivity contribution is -0.137. The molecule has 1 aromatic carbocycles. The van der Waals surface area contributed by atoms with Gasteiger partial charge in [0.2, 0.25) is 5.91 Å². The molecule has 5 nitrogen and oxygen atoms in total. The molecule has 1 unspecified atom stereocenters. The van der Waals surface area contributed by atoms with Crippen molar-refractivity contribution >= 4 is 28.5 Å². The van der Waals surface area contributed by atoms with Crippen LogP contribution in [-0.4, -0.2) is 28.5 Å². The second-order valence-electron chi connectivity index (χ2n) is 4.92. The van der Waals surface area contributed by atoms with Crippen LogP contribution in [-0.2, 0) is 9.59 Å². The lowest BCUT2D eigenvalue weighted by Gasteiger charge is -2.16. The highest BCUT2D eigenvalue weighted by atomic mass is 16.4. The van der Waals surface area contributed by atoms with Crippen LogP contribution in [0.25, 0.3) is 10.9 Å². The number of fused-ring (bicyclic) bond motifs is 1. The van der Waals surface area contributed by atoms with E-state index in [1.165, 1.54) is 0 Å². The van der Waals surface area contributed by atoms with Crippen molar-refractivity contribution in [2.45, 2.75) is 12.8 Å². The number of carboxylic acids is 1. The number of amides is 1. The van der Waals surface area contributed by atoms with Crippen LogP contribution in [0.4, 0.5) is 5.69 Å². The Morgan fingerprint density at radius 2 is 2.26 bits per heavy atom. The molecule has 3 rings (SSSR count). The highest BCUT2D eigenvalue weighted by Gasteiger charge is 2.31. The van der Waals surface area contributed by atoms with Gasteiger partial charge in [0.15, 0.2) is 0 Å². The summed E-state index contributed by atoms with van der Waals surface area (Å²) in [6.07, 6.45) is 2.22. The molecule has 0 bridgehead atoms. The van der Waals surface area contributed by atoms with Gasteiger partial charge in [-0.25, -0.2) is 0 Å². The van der Waals surface area contributed by atoms with Crippen molar-refractivity contribution in [1.29, 1.82) is 0 Å². The normalized spacial score (nSPS) is 19.3. The Morgan fingerprint density at radius 1 is 1.42 bits per heavy atom. The van der Waals surface area contributed by atoms with E-state index in [-0.39, 0.29) is 18.2 Å². The van der Waals surface area contributed by atoms with Crippen LogP contribution in [0.1, 0.15) is 12.8 Å². The second-order valence-corrected chi connectivity index (χ2v) is 4.92. The van der Waals surface area contributed by atoms with Crippen molar-refractivity contribution in [2.24, 2.45) is 5.92 Å². The molecule has 1 aliphatic heterocycles. The molecule has 98 valence electrons. The highest BCUT2D eigenvalue weighted by molar-refractivity contribution is 5.98. The van der Waals surface area contributed by atoms with E-state index in [2.05, 4.69) is 4.98 Å². The number of rotatable bonds is 3. The summed E-state index contributed by atoms with van der Waals surface area (Å²) >= 11 is 0. The Hall–Kier alpha value is -2.30. The minimum atomic E-state index is -0.847. The summed E-state index contributed by atoms with van der Waals surface area (Å²) in [5.41, 5.74) is 1.86. The molecule has 1 saturated heterocycles. The first kappa shape index (κ1) is 11.8. The molecule has 2 heterocycles.